The minimum Gasteiger partial charge on any atom is -0.389 e. The molecule has 4 saturated heterocycles. The van der Waals surface area contributed by atoms with Crippen molar-refractivity contribution in [3.63, 3.8) is 0 Å². The van der Waals surface area contributed by atoms with Gasteiger partial charge in [0.2, 0.25) is 0 Å². The Kier molecular flexibility index (Phi) is 25.4. The van der Waals surface area contributed by atoms with E-state index >= 15 is 0 Å². The first-order valence-electron chi connectivity index (χ1n) is 41.8. The number of piperidine rings is 1. The SMILES string of the molecule is C=C(C)c1cc(Cc2cc3c(=O)n([C@H]4CCOC[C@@H]4O)cnc3c3ccccc23)ccn1.C=Cc1cc(Cc2cc3c(=O)n([C@H]4CCOC[C@@H]4O)cnc3c3ccccc23)ccn1.CN1CCC(n2cnc3c(cc(Cc4ccc(Cl)nc4)c4ccccc43)c2=O)CC1.CSc1ncccc1Cc1cc2c(=O)n([C@H]3CCOC[C@@H]3O)cnc2c2ccccc12. The highest BCUT2D eigenvalue weighted by molar-refractivity contribution is 7.98. The lowest BCUT2D eigenvalue weighted by Gasteiger charge is -2.30. The van der Waals surface area contributed by atoms with Crippen molar-refractivity contribution in [2.24, 2.45) is 0 Å². The number of benzene rings is 8. The summed E-state index contributed by atoms with van der Waals surface area (Å²) in [5.41, 5.74) is 13.7. The van der Waals surface area contributed by atoms with Gasteiger partial charge in [-0.3, -0.25) is 47.4 Å². The Bertz CT molecular complexity index is 7000. The van der Waals surface area contributed by atoms with Gasteiger partial charge in [-0.25, -0.2) is 29.9 Å². The number of hydrogen-bond donors (Lipinski definition) is 3. The molecule has 8 aromatic carbocycles. The minimum absolute atomic E-state index is 0.0517. The standard InChI is InChI=1S/C26H25N3O3.C25H23N3O3.C24H23ClN4O.C24H23N3O3S/c1-16(2)22-12-17(7-9-27-22)11-18-13-21-25(20-6-4-3-5-19(18)20)28-15-29(26(21)31)23-8-10-32-14-24(23)30;1-2-18-12-16(7-9-26-18)11-17-13-21-24(20-6-4-3-5-19(17)20)27-15-28(25(21)30)22-8-10-31-14-23(22)29;1-28-10-8-18(9-11-28)29-15-27-23-20-5-3-2-4-19(20)17(13-21(23)24(29)30)12-16-6-7-22(25)26-14-16;1-31-23-15(5-4-9-25-23)11-16-12-19-22(18-7-3-2-6-17(16)18)26-14-27(24(19)29)20-8-10-30-13-21(20)28/h3-7,9,12-13,15,23-24,30H,1,8,10-11,14H2,2H3;2-7,9,12-13,15,22-23,29H,1,8,10-11,14H2;2-7,13-15,18H,8-12H2,1H3;2-7,9,12,14,20-21,28H,8,10-11,13H2,1H3/t23-,24-;22-,23-;;20-,21-/m00.0/s1. The molecule has 4 aliphatic heterocycles. The van der Waals surface area contributed by atoms with E-state index in [2.05, 4.69) is 90.3 Å². The third-order valence-corrected chi connectivity index (χ3v) is 25.2. The second-order valence-electron chi connectivity index (χ2n) is 32.3. The molecule has 12 heterocycles. The molecule has 23 nitrogen and oxygen atoms in total. The Labute approximate surface area is 723 Å². The van der Waals surface area contributed by atoms with Gasteiger partial charge in [0.15, 0.2) is 0 Å². The number of likely N-dealkylation sites (tertiary alicyclic amines) is 1. The summed E-state index contributed by atoms with van der Waals surface area (Å²) in [6.07, 6.45) is 21.6. The zero-order valence-corrected chi connectivity index (χ0v) is 70.7. The summed E-state index contributed by atoms with van der Waals surface area (Å²) in [7, 11) is 2.13. The Balaban J connectivity index is 0.000000117. The summed E-state index contributed by atoms with van der Waals surface area (Å²) in [5.74, 6) is 0. The van der Waals surface area contributed by atoms with E-state index in [0.717, 1.165) is 141 Å². The first-order valence-corrected chi connectivity index (χ1v) is 43.4. The number of nitrogens with zero attached hydrogens (tertiary/aromatic N) is 13. The number of aliphatic hydroxyl groups excluding tert-OH is 3. The van der Waals surface area contributed by atoms with Crippen molar-refractivity contribution in [3.8, 4) is 0 Å². The summed E-state index contributed by atoms with van der Waals surface area (Å²) in [4.78, 5) is 92.3. The molecule has 0 unspecified atom stereocenters. The third-order valence-electron chi connectivity index (χ3n) is 24.3. The molecule has 3 N–H and O–H groups in total. The van der Waals surface area contributed by atoms with Gasteiger partial charge in [0.1, 0.15) is 5.15 Å². The van der Waals surface area contributed by atoms with Gasteiger partial charge in [0.05, 0.1) is 142 Å². The van der Waals surface area contributed by atoms with Gasteiger partial charge >= 0.3 is 0 Å². The number of rotatable bonds is 15. The molecule has 0 radical (unpaired) electrons. The van der Waals surface area contributed by atoms with Crippen molar-refractivity contribution in [3.05, 3.63) is 336 Å². The molecule has 0 bridgehead atoms. The van der Waals surface area contributed by atoms with Gasteiger partial charge in [-0.15, -0.1) is 11.8 Å². The molecule has 4 aliphatic rings. The van der Waals surface area contributed by atoms with E-state index in [9.17, 15) is 34.5 Å². The third kappa shape index (κ3) is 17.6. The van der Waals surface area contributed by atoms with E-state index in [-0.39, 0.29) is 66.2 Å². The summed E-state index contributed by atoms with van der Waals surface area (Å²) >= 11 is 7.56. The lowest BCUT2D eigenvalue weighted by molar-refractivity contribution is -0.0395. The molecular formula is C99H94ClN13O10S. The highest BCUT2D eigenvalue weighted by Gasteiger charge is 2.31. The number of pyridine rings is 4. The van der Waals surface area contributed by atoms with Crippen LogP contribution in [-0.2, 0) is 39.9 Å². The van der Waals surface area contributed by atoms with Crippen LogP contribution in [0.1, 0.15) is 119 Å². The van der Waals surface area contributed by atoms with Crippen molar-refractivity contribution in [2.45, 2.75) is 112 Å². The van der Waals surface area contributed by atoms with Crippen LogP contribution in [0.3, 0.4) is 0 Å². The van der Waals surface area contributed by atoms with Gasteiger partial charge in [0.25, 0.3) is 22.2 Å². The number of allylic oxidation sites excluding steroid dienone is 1. The second-order valence-corrected chi connectivity index (χ2v) is 33.4. The van der Waals surface area contributed by atoms with Crippen LogP contribution in [0.15, 0.2) is 257 Å². The minimum atomic E-state index is -0.724. The van der Waals surface area contributed by atoms with Gasteiger partial charge < -0.3 is 34.4 Å². The van der Waals surface area contributed by atoms with Crippen LogP contribution >= 0.6 is 23.4 Å². The van der Waals surface area contributed by atoms with Crippen LogP contribution < -0.4 is 22.2 Å². The molecule has 124 heavy (non-hydrogen) atoms. The predicted molar refractivity (Wildman–Crippen MR) is 491 cm³/mol. The van der Waals surface area contributed by atoms with Gasteiger partial charge in [0, 0.05) is 78.6 Å². The van der Waals surface area contributed by atoms with Crippen molar-refractivity contribution in [1.82, 2.24) is 63.0 Å². The number of fused-ring (bicyclic) bond motifs is 12. The maximum absolute atomic E-state index is 13.5. The van der Waals surface area contributed by atoms with Crippen LogP contribution in [0.2, 0.25) is 5.15 Å². The summed E-state index contributed by atoms with van der Waals surface area (Å²) in [6, 6.07) is 55.2. The topological polar surface area (TPSA) is 283 Å². The Hall–Kier alpha value is -12.2. The Morgan fingerprint density at radius 2 is 0.831 bits per heavy atom. The maximum atomic E-state index is 13.5. The highest BCUT2D eigenvalue weighted by Crippen LogP contribution is 2.36. The lowest BCUT2D eigenvalue weighted by atomic mass is 9.95. The van der Waals surface area contributed by atoms with Crippen molar-refractivity contribution in [1.29, 1.82) is 0 Å². The quantitative estimate of drug-likeness (QED) is 0.0488. The molecule has 0 saturated carbocycles. The molecule has 20 rings (SSSR count). The van der Waals surface area contributed by atoms with Crippen LogP contribution in [0.4, 0.5) is 0 Å². The number of hydrogen-bond acceptors (Lipinski definition) is 20. The van der Waals surface area contributed by atoms with E-state index in [1.54, 1.807) is 87.7 Å². The molecule has 0 spiro atoms. The highest BCUT2D eigenvalue weighted by atomic mass is 35.5. The molecule has 8 aromatic heterocycles. The summed E-state index contributed by atoms with van der Waals surface area (Å²) < 4.78 is 22.5. The van der Waals surface area contributed by atoms with Crippen molar-refractivity contribution >= 4 is 122 Å². The van der Waals surface area contributed by atoms with Gasteiger partial charge in [-0.05, 0) is 223 Å². The number of aliphatic hydroxyl groups is 3. The molecule has 16 aromatic rings. The molecule has 628 valence electrons. The van der Waals surface area contributed by atoms with Crippen LogP contribution in [0.25, 0.3) is 98.4 Å². The van der Waals surface area contributed by atoms with E-state index in [4.69, 9.17) is 30.8 Å². The summed E-state index contributed by atoms with van der Waals surface area (Å²) in [6.45, 7) is 14.0. The molecule has 0 aliphatic carbocycles. The monoisotopic (exact) mass is 1690 g/mol. The van der Waals surface area contributed by atoms with E-state index in [0.29, 0.717) is 108 Å². The van der Waals surface area contributed by atoms with Gasteiger partial charge in [-0.2, -0.15) is 0 Å². The van der Waals surface area contributed by atoms with Gasteiger partial charge in [-0.1, -0.05) is 134 Å². The maximum Gasteiger partial charge on any atom is 0.261 e. The molecular weight excluding hydrogens is 1600 g/mol. The zero-order valence-electron chi connectivity index (χ0n) is 69.1. The number of ether oxygens (including phenoxy) is 3. The summed E-state index contributed by atoms with van der Waals surface area (Å²) in [5, 5.41) is 43.2. The smallest absolute Gasteiger partial charge is 0.261 e. The molecule has 6 atom stereocenters. The fraction of sp³-hybridized carbons (Fsp3) is 0.273. The molecule has 25 heteroatoms. The van der Waals surface area contributed by atoms with Crippen LogP contribution in [0, 0.1) is 0 Å². The number of halogens is 1. The van der Waals surface area contributed by atoms with Crippen LogP contribution in [-0.4, -0.2) is 163 Å². The zero-order chi connectivity index (χ0) is 85.6. The van der Waals surface area contributed by atoms with Crippen molar-refractivity contribution in [2.75, 3.05) is 66.0 Å². The van der Waals surface area contributed by atoms with E-state index in [1.165, 1.54) is 0 Å². The van der Waals surface area contributed by atoms with Crippen LogP contribution in [0.5, 0.6) is 0 Å². The average Bonchev–Trinajstić information content (AvgIpc) is 0.762. The molecule has 4 fully saturated rings. The fourth-order valence-corrected chi connectivity index (χ4v) is 18.5. The largest absolute Gasteiger partial charge is 0.389 e. The predicted octanol–water partition coefficient (Wildman–Crippen LogP) is 15.4. The Morgan fingerprint density at radius 1 is 0.435 bits per heavy atom. The Morgan fingerprint density at radius 3 is 1.23 bits per heavy atom. The fourth-order valence-electron chi connectivity index (χ4n) is 17.8. The lowest BCUT2D eigenvalue weighted by Crippen LogP contribution is -2.39. The number of aromatic nitrogens is 12. The first kappa shape index (κ1) is 84.0. The average molecular weight is 1690 g/mol. The van der Waals surface area contributed by atoms with Crippen molar-refractivity contribution < 1.29 is 29.5 Å². The number of thioether (sulfide) groups is 1. The van der Waals surface area contributed by atoms with E-state index in [1.807, 2.05) is 151 Å². The molecule has 0 amide bonds. The normalized spacial score (nSPS) is 18.2. The van der Waals surface area contributed by atoms with E-state index < -0.39 is 18.3 Å². The first-order chi connectivity index (χ1) is 60.4. The second kappa shape index (κ2) is 37.5.